The summed E-state index contributed by atoms with van der Waals surface area (Å²) in [5.41, 5.74) is 3.05. The molecular weight excluding hydrogens is 508 g/mol. The number of urea groups is 1. The Bertz CT molecular complexity index is 1630. The van der Waals surface area contributed by atoms with Crippen LogP contribution >= 0.6 is 0 Å². The predicted molar refractivity (Wildman–Crippen MR) is 153 cm³/mol. The number of nitrogens with zero attached hydrogens (tertiary/aromatic N) is 5. The molecule has 2 fully saturated rings. The number of amides is 2. The summed E-state index contributed by atoms with van der Waals surface area (Å²) >= 11 is 0. The molecule has 1 saturated heterocycles. The third-order valence-electron chi connectivity index (χ3n) is 7.54. The molecule has 6 rings (SSSR count). The van der Waals surface area contributed by atoms with Crippen molar-refractivity contribution in [2.45, 2.75) is 64.7 Å². The van der Waals surface area contributed by atoms with E-state index in [1.165, 1.54) is 4.57 Å². The van der Waals surface area contributed by atoms with Crippen LogP contribution in [0, 0.1) is 0 Å². The zero-order valence-electron chi connectivity index (χ0n) is 22.7. The van der Waals surface area contributed by atoms with E-state index in [-0.39, 0.29) is 23.3 Å². The van der Waals surface area contributed by atoms with Crippen LogP contribution < -0.4 is 21.9 Å². The van der Waals surface area contributed by atoms with Crippen molar-refractivity contribution >= 4 is 23.0 Å². The number of aryl methyl sites for hydroxylation is 1. The number of hydrogen-bond acceptors (Lipinski definition) is 6. The number of imidazole rings is 1. The number of likely N-dealkylation sites (tertiary alicyclic amines) is 1. The van der Waals surface area contributed by atoms with Crippen LogP contribution in [-0.4, -0.2) is 48.1 Å². The van der Waals surface area contributed by atoms with E-state index >= 15 is 0 Å². The number of aromatic amines is 1. The molecule has 3 N–H and O–H groups in total. The second-order valence-corrected chi connectivity index (χ2v) is 10.6. The Morgan fingerprint density at radius 1 is 1.02 bits per heavy atom. The summed E-state index contributed by atoms with van der Waals surface area (Å²) in [4.78, 5) is 52.4. The lowest BCUT2D eigenvalue weighted by Gasteiger charge is -2.16. The van der Waals surface area contributed by atoms with Crippen molar-refractivity contribution in [1.82, 2.24) is 34.3 Å². The summed E-state index contributed by atoms with van der Waals surface area (Å²) in [5, 5.41) is 6.31. The highest BCUT2D eigenvalue weighted by atomic mass is 16.2. The van der Waals surface area contributed by atoms with Gasteiger partial charge in [0.05, 0.1) is 0 Å². The molecule has 208 valence electrons. The van der Waals surface area contributed by atoms with Crippen LogP contribution in [0.3, 0.4) is 0 Å². The van der Waals surface area contributed by atoms with Gasteiger partial charge in [0.15, 0.2) is 5.65 Å². The Morgan fingerprint density at radius 3 is 2.40 bits per heavy atom. The van der Waals surface area contributed by atoms with Crippen molar-refractivity contribution in [3.8, 4) is 11.4 Å². The predicted octanol–water partition coefficient (Wildman–Crippen LogP) is 3.61. The van der Waals surface area contributed by atoms with Gasteiger partial charge < -0.3 is 20.5 Å². The zero-order valence-corrected chi connectivity index (χ0v) is 22.7. The first-order valence-corrected chi connectivity index (χ1v) is 14.1. The minimum absolute atomic E-state index is 0.00564. The summed E-state index contributed by atoms with van der Waals surface area (Å²) in [6, 6.07) is 11.9. The molecule has 0 atom stereocenters. The number of rotatable bonds is 9. The topological polar surface area (TPSA) is 130 Å². The van der Waals surface area contributed by atoms with Gasteiger partial charge in [-0.25, -0.2) is 19.6 Å². The first-order valence-electron chi connectivity index (χ1n) is 14.1. The normalized spacial score (nSPS) is 15.1. The number of pyridine rings is 1. The quantitative estimate of drug-likeness (QED) is 0.296. The molecule has 11 heteroatoms. The number of benzene rings is 1. The number of anilines is 1. The molecule has 2 aliphatic rings. The van der Waals surface area contributed by atoms with Crippen LogP contribution in [0.2, 0.25) is 0 Å². The molecule has 1 aliphatic heterocycles. The molecule has 0 unspecified atom stereocenters. The minimum atomic E-state index is -0.306. The number of carbonyl (C=O) groups is 1. The van der Waals surface area contributed by atoms with Gasteiger partial charge in [0.2, 0.25) is 0 Å². The lowest BCUT2D eigenvalue weighted by molar-refractivity contribution is 0.208. The van der Waals surface area contributed by atoms with Crippen LogP contribution in [0.25, 0.3) is 22.6 Å². The molecule has 1 aromatic carbocycles. The van der Waals surface area contributed by atoms with E-state index in [1.807, 2.05) is 48.2 Å². The Hall–Kier alpha value is -4.41. The molecule has 0 bridgehead atoms. The maximum atomic E-state index is 13.1. The fourth-order valence-electron chi connectivity index (χ4n) is 5.17. The summed E-state index contributed by atoms with van der Waals surface area (Å²) in [7, 11) is 0. The fraction of sp³-hybridized carbons (Fsp3) is 0.414. The lowest BCUT2D eigenvalue weighted by Crippen LogP contribution is -2.39. The van der Waals surface area contributed by atoms with Gasteiger partial charge in [0.1, 0.15) is 17.2 Å². The van der Waals surface area contributed by atoms with Gasteiger partial charge in [-0.2, -0.15) is 0 Å². The SMILES string of the molecule is CCCn1c(=O)n(C2CC2)c(=O)c2[nH]c(-c3ccc(NCc4ccc(CNC(=O)N5CCCC5)cc4)nc3)nc21. The molecule has 2 amide bonds. The van der Waals surface area contributed by atoms with Crippen molar-refractivity contribution in [2.75, 3.05) is 18.4 Å². The Morgan fingerprint density at radius 2 is 1.75 bits per heavy atom. The van der Waals surface area contributed by atoms with Gasteiger partial charge in [-0.3, -0.25) is 13.9 Å². The van der Waals surface area contributed by atoms with E-state index in [2.05, 4.69) is 25.6 Å². The second kappa shape index (κ2) is 11.0. The van der Waals surface area contributed by atoms with Crippen LogP contribution in [0.4, 0.5) is 10.6 Å². The molecule has 4 aromatic rings. The fourth-order valence-corrected chi connectivity index (χ4v) is 5.17. The van der Waals surface area contributed by atoms with Crippen LogP contribution in [0.15, 0.2) is 52.2 Å². The van der Waals surface area contributed by atoms with Crippen LogP contribution in [-0.2, 0) is 19.6 Å². The van der Waals surface area contributed by atoms with E-state index in [1.54, 1.807) is 10.8 Å². The monoisotopic (exact) mass is 542 g/mol. The van der Waals surface area contributed by atoms with Crippen LogP contribution in [0.1, 0.15) is 56.2 Å². The Kier molecular flexibility index (Phi) is 7.10. The van der Waals surface area contributed by atoms with Gasteiger partial charge in [0, 0.05) is 50.5 Å². The van der Waals surface area contributed by atoms with E-state index < -0.39 is 0 Å². The Labute approximate surface area is 231 Å². The lowest BCUT2D eigenvalue weighted by atomic mass is 10.1. The van der Waals surface area contributed by atoms with Gasteiger partial charge >= 0.3 is 11.7 Å². The summed E-state index contributed by atoms with van der Waals surface area (Å²) in [6.07, 6.45) is 6.34. The summed E-state index contributed by atoms with van der Waals surface area (Å²) in [6.45, 7) is 5.29. The highest BCUT2D eigenvalue weighted by molar-refractivity contribution is 5.76. The average molecular weight is 543 g/mol. The smallest absolute Gasteiger partial charge is 0.333 e. The van der Waals surface area contributed by atoms with Crippen molar-refractivity contribution in [3.05, 3.63) is 74.6 Å². The number of aromatic nitrogens is 5. The van der Waals surface area contributed by atoms with Crippen molar-refractivity contribution in [2.24, 2.45) is 0 Å². The van der Waals surface area contributed by atoms with Gasteiger partial charge in [-0.05, 0) is 55.4 Å². The third kappa shape index (κ3) is 5.23. The first kappa shape index (κ1) is 25.8. The number of H-pyrrole nitrogens is 1. The van der Waals surface area contributed by atoms with E-state index in [4.69, 9.17) is 0 Å². The molecule has 40 heavy (non-hydrogen) atoms. The van der Waals surface area contributed by atoms with Crippen molar-refractivity contribution < 1.29 is 4.79 Å². The summed E-state index contributed by atoms with van der Waals surface area (Å²) < 4.78 is 2.98. The van der Waals surface area contributed by atoms with E-state index in [0.29, 0.717) is 42.4 Å². The Balaban J connectivity index is 1.11. The van der Waals surface area contributed by atoms with Crippen molar-refractivity contribution in [1.29, 1.82) is 0 Å². The van der Waals surface area contributed by atoms with E-state index in [0.717, 1.165) is 61.9 Å². The molecule has 0 radical (unpaired) electrons. The number of hydrogen-bond donors (Lipinski definition) is 3. The van der Waals surface area contributed by atoms with Gasteiger partial charge in [-0.1, -0.05) is 31.2 Å². The number of nitrogens with one attached hydrogen (secondary N) is 3. The van der Waals surface area contributed by atoms with Crippen LogP contribution in [0.5, 0.6) is 0 Å². The number of carbonyl (C=O) groups excluding carboxylic acids is 1. The minimum Gasteiger partial charge on any atom is -0.366 e. The third-order valence-corrected chi connectivity index (χ3v) is 7.54. The molecule has 11 nitrogen and oxygen atoms in total. The highest BCUT2D eigenvalue weighted by Gasteiger charge is 2.30. The first-order chi connectivity index (χ1) is 19.5. The molecule has 1 saturated carbocycles. The molecule has 0 spiro atoms. The summed E-state index contributed by atoms with van der Waals surface area (Å²) in [5.74, 6) is 1.22. The average Bonchev–Trinajstić information content (AvgIpc) is 3.45. The number of fused-ring (bicyclic) bond motifs is 1. The van der Waals surface area contributed by atoms with E-state index in [9.17, 15) is 14.4 Å². The molecule has 3 aromatic heterocycles. The van der Waals surface area contributed by atoms with Gasteiger partial charge in [0.25, 0.3) is 5.56 Å². The van der Waals surface area contributed by atoms with Gasteiger partial charge in [-0.15, -0.1) is 0 Å². The molecule has 4 heterocycles. The maximum absolute atomic E-state index is 13.1. The highest BCUT2D eigenvalue weighted by Crippen LogP contribution is 2.32. The molecular formula is C29H34N8O3. The maximum Gasteiger partial charge on any atom is 0.333 e. The molecule has 1 aliphatic carbocycles. The van der Waals surface area contributed by atoms with Crippen molar-refractivity contribution in [3.63, 3.8) is 0 Å². The largest absolute Gasteiger partial charge is 0.366 e. The zero-order chi connectivity index (χ0) is 27.6. The second-order valence-electron chi connectivity index (χ2n) is 10.6. The standard InChI is InChI=1S/C29H34N8O3/c1-2-13-36-26-24(27(38)37(29(36)40)22-10-11-22)33-25(34-26)21-9-12-23(31-18-21)30-16-19-5-7-20(8-6-19)17-32-28(39)35-14-3-4-15-35/h5-9,12,18,22H,2-4,10-11,13-17H2,1H3,(H,30,31)(H,32,39)(H,33,34).